The van der Waals surface area contributed by atoms with Gasteiger partial charge in [-0.2, -0.15) is 0 Å². The van der Waals surface area contributed by atoms with Crippen LogP contribution >= 0.6 is 0 Å². The molecule has 0 radical (unpaired) electrons. The molecule has 22 heavy (non-hydrogen) atoms. The van der Waals surface area contributed by atoms with E-state index < -0.39 is 0 Å². The van der Waals surface area contributed by atoms with Crippen molar-refractivity contribution in [2.24, 2.45) is 0 Å². The summed E-state index contributed by atoms with van der Waals surface area (Å²) in [6.45, 7) is 5.16. The fourth-order valence-electron chi connectivity index (χ4n) is 2.19. The Morgan fingerprint density at radius 1 is 1.14 bits per heavy atom. The number of hydrogen-bond acceptors (Lipinski definition) is 4. The number of ether oxygens (including phenoxy) is 1. The van der Waals surface area contributed by atoms with Gasteiger partial charge in [0.2, 0.25) is 0 Å². The monoisotopic (exact) mass is 303 g/mol. The molecule has 0 aliphatic carbocycles. The summed E-state index contributed by atoms with van der Waals surface area (Å²) in [7, 11) is 6.25. The number of rotatable bonds is 8. The van der Waals surface area contributed by atoms with Crippen molar-refractivity contribution in [3.05, 3.63) is 30.0 Å². The van der Waals surface area contributed by atoms with Crippen molar-refractivity contribution in [1.82, 2.24) is 14.8 Å². The SMILES string of the molecule is CC(=O)c1cc2cc(OCCN(C)CCN(C)C)ccc2[nH]1. The molecule has 0 saturated heterocycles. The van der Waals surface area contributed by atoms with Gasteiger partial charge in [0.1, 0.15) is 12.4 Å². The molecule has 1 N–H and O–H groups in total. The smallest absolute Gasteiger partial charge is 0.175 e. The van der Waals surface area contributed by atoms with Gasteiger partial charge in [-0.3, -0.25) is 4.79 Å². The second-order valence-corrected chi connectivity index (χ2v) is 5.94. The molecule has 0 saturated carbocycles. The number of hydrogen-bond donors (Lipinski definition) is 1. The van der Waals surface area contributed by atoms with Crippen molar-refractivity contribution in [1.29, 1.82) is 0 Å². The van der Waals surface area contributed by atoms with Gasteiger partial charge in [-0.15, -0.1) is 0 Å². The van der Waals surface area contributed by atoms with E-state index in [4.69, 9.17) is 4.74 Å². The molecule has 0 unspecified atom stereocenters. The first kappa shape index (κ1) is 16.5. The zero-order valence-corrected chi connectivity index (χ0v) is 13.8. The maximum absolute atomic E-state index is 11.4. The van der Waals surface area contributed by atoms with Crippen LogP contribution in [0.5, 0.6) is 5.75 Å². The topological polar surface area (TPSA) is 48.6 Å². The number of likely N-dealkylation sites (N-methyl/N-ethyl adjacent to an activating group) is 2. The summed E-state index contributed by atoms with van der Waals surface area (Å²) in [5.41, 5.74) is 1.59. The highest BCUT2D eigenvalue weighted by atomic mass is 16.5. The Labute approximate surface area is 131 Å². The molecule has 120 valence electrons. The molecule has 1 aromatic carbocycles. The Bertz CT molecular complexity index is 634. The van der Waals surface area contributed by atoms with Crippen LogP contribution in [0.2, 0.25) is 0 Å². The minimum absolute atomic E-state index is 0.0428. The number of carbonyl (C=O) groups excluding carboxylic acids is 1. The van der Waals surface area contributed by atoms with Crippen molar-refractivity contribution in [2.75, 3.05) is 47.4 Å². The standard InChI is InChI=1S/C17H25N3O2/c1-13(21)17-12-14-11-15(5-6-16(14)18-17)22-10-9-20(4)8-7-19(2)3/h5-6,11-12,18H,7-10H2,1-4H3. The zero-order chi connectivity index (χ0) is 16.1. The summed E-state index contributed by atoms with van der Waals surface area (Å²) in [5.74, 6) is 0.879. The largest absolute Gasteiger partial charge is 0.492 e. The molecular weight excluding hydrogens is 278 g/mol. The fourth-order valence-corrected chi connectivity index (χ4v) is 2.19. The first-order valence-corrected chi connectivity index (χ1v) is 7.55. The van der Waals surface area contributed by atoms with Gasteiger partial charge in [-0.25, -0.2) is 0 Å². The number of nitrogens with one attached hydrogen (secondary N) is 1. The lowest BCUT2D eigenvalue weighted by molar-refractivity contribution is 0.101. The molecule has 0 aliphatic heterocycles. The van der Waals surface area contributed by atoms with E-state index in [0.29, 0.717) is 12.3 Å². The number of benzene rings is 1. The normalized spacial score (nSPS) is 11.5. The Hall–Kier alpha value is -1.85. The number of aromatic amines is 1. The number of carbonyl (C=O) groups is 1. The third-order valence-electron chi connectivity index (χ3n) is 3.64. The van der Waals surface area contributed by atoms with E-state index in [2.05, 4.69) is 35.9 Å². The van der Waals surface area contributed by atoms with Crippen LogP contribution in [0.3, 0.4) is 0 Å². The third-order valence-corrected chi connectivity index (χ3v) is 3.64. The molecule has 0 aliphatic rings. The average molecular weight is 303 g/mol. The maximum Gasteiger partial charge on any atom is 0.175 e. The van der Waals surface area contributed by atoms with Gasteiger partial charge in [0.05, 0.1) is 5.69 Å². The number of nitrogens with zero attached hydrogens (tertiary/aromatic N) is 2. The van der Waals surface area contributed by atoms with E-state index in [0.717, 1.165) is 36.3 Å². The van der Waals surface area contributed by atoms with Crippen molar-refractivity contribution in [3.63, 3.8) is 0 Å². The first-order chi connectivity index (χ1) is 10.5. The van der Waals surface area contributed by atoms with Crippen molar-refractivity contribution in [2.45, 2.75) is 6.92 Å². The number of aromatic nitrogens is 1. The first-order valence-electron chi connectivity index (χ1n) is 7.55. The number of fused-ring (bicyclic) bond motifs is 1. The van der Waals surface area contributed by atoms with Crippen molar-refractivity contribution < 1.29 is 9.53 Å². The minimum atomic E-state index is 0.0428. The number of Topliss-reactive ketones (excluding diaryl/α,β-unsaturated/α-hetero) is 1. The lowest BCUT2D eigenvalue weighted by atomic mass is 10.2. The molecule has 1 heterocycles. The third kappa shape index (κ3) is 4.58. The van der Waals surface area contributed by atoms with Crippen LogP contribution in [-0.2, 0) is 0 Å². The average Bonchev–Trinajstić information content (AvgIpc) is 2.88. The molecule has 0 amide bonds. The highest BCUT2D eigenvalue weighted by Gasteiger charge is 2.06. The van der Waals surface area contributed by atoms with Crippen LogP contribution in [0, 0.1) is 0 Å². The highest BCUT2D eigenvalue weighted by molar-refractivity contribution is 5.98. The van der Waals surface area contributed by atoms with Gasteiger partial charge in [0.25, 0.3) is 0 Å². The van der Waals surface area contributed by atoms with Gasteiger partial charge >= 0.3 is 0 Å². The van der Waals surface area contributed by atoms with Gasteiger partial charge in [0, 0.05) is 37.5 Å². The quantitative estimate of drug-likeness (QED) is 0.760. The van der Waals surface area contributed by atoms with Crippen LogP contribution in [0.25, 0.3) is 10.9 Å². The Kier molecular flexibility index (Phi) is 5.57. The molecule has 0 atom stereocenters. The van der Waals surface area contributed by atoms with Crippen LogP contribution in [0.4, 0.5) is 0 Å². The molecule has 5 heteroatoms. The van der Waals surface area contributed by atoms with E-state index in [1.807, 2.05) is 24.3 Å². The van der Waals surface area contributed by atoms with Crippen LogP contribution in [0.15, 0.2) is 24.3 Å². The molecule has 2 rings (SSSR count). The second-order valence-electron chi connectivity index (χ2n) is 5.94. The Morgan fingerprint density at radius 3 is 2.59 bits per heavy atom. The van der Waals surface area contributed by atoms with Crippen LogP contribution in [-0.4, -0.2) is 68.0 Å². The zero-order valence-electron chi connectivity index (χ0n) is 13.8. The number of H-pyrrole nitrogens is 1. The van der Waals surface area contributed by atoms with E-state index in [9.17, 15) is 4.79 Å². The van der Waals surface area contributed by atoms with Gasteiger partial charge in [-0.05, 0) is 45.4 Å². The molecule has 1 aromatic heterocycles. The Balaban J connectivity index is 1.88. The summed E-state index contributed by atoms with van der Waals surface area (Å²) >= 11 is 0. The molecule has 0 bridgehead atoms. The summed E-state index contributed by atoms with van der Waals surface area (Å²) in [5, 5.41) is 1.00. The molecule has 2 aromatic rings. The predicted molar refractivity (Wildman–Crippen MR) is 89.8 cm³/mol. The molecule has 0 fully saturated rings. The maximum atomic E-state index is 11.4. The van der Waals surface area contributed by atoms with E-state index in [-0.39, 0.29) is 5.78 Å². The lowest BCUT2D eigenvalue weighted by Crippen LogP contribution is -2.31. The Morgan fingerprint density at radius 2 is 1.91 bits per heavy atom. The summed E-state index contributed by atoms with van der Waals surface area (Å²) < 4.78 is 5.81. The summed E-state index contributed by atoms with van der Waals surface area (Å²) in [6, 6.07) is 7.72. The molecular formula is C17H25N3O2. The van der Waals surface area contributed by atoms with Gasteiger partial charge in [-0.1, -0.05) is 0 Å². The lowest BCUT2D eigenvalue weighted by Gasteiger charge is -2.19. The summed E-state index contributed by atoms with van der Waals surface area (Å²) in [6.07, 6.45) is 0. The van der Waals surface area contributed by atoms with E-state index >= 15 is 0 Å². The van der Waals surface area contributed by atoms with Crippen molar-refractivity contribution in [3.8, 4) is 5.75 Å². The highest BCUT2D eigenvalue weighted by Crippen LogP contribution is 2.21. The van der Waals surface area contributed by atoms with Gasteiger partial charge < -0.3 is 19.5 Å². The minimum Gasteiger partial charge on any atom is -0.492 e. The summed E-state index contributed by atoms with van der Waals surface area (Å²) in [4.78, 5) is 18.9. The molecule has 5 nitrogen and oxygen atoms in total. The van der Waals surface area contributed by atoms with Gasteiger partial charge in [0.15, 0.2) is 5.78 Å². The van der Waals surface area contributed by atoms with Crippen LogP contribution < -0.4 is 4.74 Å². The van der Waals surface area contributed by atoms with Crippen molar-refractivity contribution >= 4 is 16.7 Å². The fraction of sp³-hybridized carbons (Fsp3) is 0.471. The number of ketones is 1. The molecule has 0 spiro atoms. The van der Waals surface area contributed by atoms with E-state index in [1.54, 1.807) is 6.92 Å². The van der Waals surface area contributed by atoms with Crippen LogP contribution in [0.1, 0.15) is 17.4 Å². The predicted octanol–water partition coefficient (Wildman–Crippen LogP) is 2.24. The van der Waals surface area contributed by atoms with E-state index in [1.165, 1.54) is 0 Å². The second kappa shape index (κ2) is 7.42.